The molecule has 1 aromatic carbocycles. The van der Waals surface area contributed by atoms with Crippen LogP contribution in [0.25, 0.3) is 0 Å². The number of nitrogens with one attached hydrogen (secondary N) is 1. The Labute approximate surface area is 107 Å². The molecule has 0 unspecified atom stereocenters. The van der Waals surface area contributed by atoms with E-state index in [9.17, 15) is 0 Å². The van der Waals surface area contributed by atoms with Gasteiger partial charge in [0, 0.05) is 4.90 Å². The molecule has 0 aliphatic carbocycles. The normalized spacial score (nSPS) is 11.3. The predicted octanol–water partition coefficient (Wildman–Crippen LogP) is 3.26. The van der Waals surface area contributed by atoms with Gasteiger partial charge < -0.3 is 10.5 Å². The van der Waals surface area contributed by atoms with E-state index in [2.05, 4.69) is 6.92 Å². The number of nitrogen functional groups attached to an aromatic ring is 1. The first-order chi connectivity index (χ1) is 7.85. The summed E-state index contributed by atoms with van der Waals surface area (Å²) in [6.07, 6.45) is 0. The van der Waals surface area contributed by atoms with E-state index in [0.717, 1.165) is 10.6 Å². The van der Waals surface area contributed by atoms with Gasteiger partial charge in [0.05, 0.1) is 5.56 Å². The molecule has 3 N–H and O–H groups in total. The Kier molecular flexibility index (Phi) is 4.46. The number of rotatable bonds is 4. The molecule has 0 fully saturated rings. The molecule has 0 atom stereocenters. The molecular weight excluding hydrogens is 232 g/mol. The molecule has 0 heterocycles. The van der Waals surface area contributed by atoms with E-state index in [4.69, 9.17) is 15.9 Å². The zero-order chi connectivity index (χ0) is 13.1. The SMILES string of the molecule is CCSc1cccc(OC(C)(C)C)c1C(=N)N. The van der Waals surface area contributed by atoms with Crippen molar-refractivity contribution < 1.29 is 4.74 Å². The fourth-order valence-corrected chi connectivity index (χ4v) is 2.31. The maximum absolute atomic E-state index is 7.69. The van der Waals surface area contributed by atoms with Crippen LogP contribution in [0.2, 0.25) is 0 Å². The zero-order valence-electron chi connectivity index (χ0n) is 10.8. The Morgan fingerprint density at radius 3 is 2.53 bits per heavy atom. The minimum atomic E-state index is -0.292. The number of thioether (sulfide) groups is 1. The summed E-state index contributed by atoms with van der Waals surface area (Å²) >= 11 is 1.67. The molecular formula is C13H20N2OS. The average molecular weight is 252 g/mol. The number of nitrogens with two attached hydrogens (primary N) is 1. The largest absolute Gasteiger partial charge is 0.487 e. The predicted molar refractivity (Wildman–Crippen MR) is 74.2 cm³/mol. The Balaban J connectivity index is 3.20. The van der Waals surface area contributed by atoms with Crippen LogP contribution in [-0.4, -0.2) is 17.2 Å². The van der Waals surface area contributed by atoms with Gasteiger partial charge in [0.1, 0.15) is 17.2 Å². The van der Waals surface area contributed by atoms with Crippen molar-refractivity contribution in [2.75, 3.05) is 5.75 Å². The molecule has 0 aliphatic heterocycles. The minimum absolute atomic E-state index is 0.0563. The topological polar surface area (TPSA) is 59.1 Å². The lowest BCUT2D eigenvalue weighted by Crippen LogP contribution is -2.25. The fraction of sp³-hybridized carbons (Fsp3) is 0.462. The van der Waals surface area contributed by atoms with Gasteiger partial charge in [-0.15, -0.1) is 11.8 Å². The summed E-state index contributed by atoms with van der Waals surface area (Å²) < 4.78 is 5.85. The summed E-state index contributed by atoms with van der Waals surface area (Å²) in [6, 6.07) is 5.77. The van der Waals surface area contributed by atoms with Crippen LogP contribution in [0, 0.1) is 5.41 Å². The van der Waals surface area contributed by atoms with Crippen molar-refractivity contribution in [3.8, 4) is 5.75 Å². The van der Waals surface area contributed by atoms with Crippen LogP contribution < -0.4 is 10.5 Å². The van der Waals surface area contributed by atoms with Crippen LogP contribution >= 0.6 is 11.8 Å². The monoisotopic (exact) mass is 252 g/mol. The maximum Gasteiger partial charge on any atom is 0.132 e. The minimum Gasteiger partial charge on any atom is -0.487 e. The van der Waals surface area contributed by atoms with Gasteiger partial charge in [0.2, 0.25) is 0 Å². The van der Waals surface area contributed by atoms with E-state index in [1.165, 1.54) is 0 Å². The summed E-state index contributed by atoms with van der Waals surface area (Å²) in [6.45, 7) is 8.02. The van der Waals surface area contributed by atoms with E-state index in [1.54, 1.807) is 11.8 Å². The first-order valence-electron chi connectivity index (χ1n) is 5.64. The summed E-state index contributed by atoms with van der Waals surface area (Å²) in [5.74, 6) is 1.68. The second-order valence-electron chi connectivity index (χ2n) is 4.69. The van der Waals surface area contributed by atoms with Crippen LogP contribution in [0.3, 0.4) is 0 Å². The van der Waals surface area contributed by atoms with Gasteiger partial charge in [-0.3, -0.25) is 5.41 Å². The quantitative estimate of drug-likeness (QED) is 0.491. The van der Waals surface area contributed by atoms with Crippen LogP contribution in [-0.2, 0) is 0 Å². The van der Waals surface area contributed by atoms with Gasteiger partial charge in [-0.2, -0.15) is 0 Å². The van der Waals surface area contributed by atoms with Crippen LogP contribution in [0.1, 0.15) is 33.3 Å². The molecule has 0 radical (unpaired) electrons. The van der Waals surface area contributed by atoms with Crippen LogP contribution in [0.15, 0.2) is 23.1 Å². The van der Waals surface area contributed by atoms with Crippen molar-refractivity contribution in [1.29, 1.82) is 5.41 Å². The molecule has 3 nitrogen and oxygen atoms in total. The molecule has 0 saturated carbocycles. The van der Waals surface area contributed by atoms with E-state index >= 15 is 0 Å². The summed E-state index contributed by atoms with van der Waals surface area (Å²) in [7, 11) is 0. The second-order valence-corrected chi connectivity index (χ2v) is 6.00. The van der Waals surface area contributed by atoms with Crippen molar-refractivity contribution in [3.05, 3.63) is 23.8 Å². The maximum atomic E-state index is 7.69. The molecule has 1 rings (SSSR count). The van der Waals surface area contributed by atoms with E-state index in [0.29, 0.717) is 11.3 Å². The van der Waals surface area contributed by atoms with Crippen molar-refractivity contribution in [2.24, 2.45) is 5.73 Å². The van der Waals surface area contributed by atoms with Gasteiger partial charge in [0.25, 0.3) is 0 Å². The highest BCUT2D eigenvalue weighted by Gasteiger charge is 2.18. The molecule has 0 bridgehead atoms. The molecule has 0 saturated heterocycles. The Morgan fingerprint density at radius 2 is 2.06 bits per heavy atom. The Hall–Kier alpha value is -1.16. The Morgan fingerprint density at radius 1 is 1.41 bits per heavy atom. The van der Waals surface area contributed by atoms with Gasteiger partial charge >= 0.3 is 0 Å². The zero-order valence-corrected chi connectivity index (χ0v) is 11.6. The van der Waals surface area contributed by atoms with Crippen LogP contribution in [0.4, 0.5) is 0 Å². The molecule has 4 heteroatoms. The highest BCUT2D eigenvalue weighted by atomic mass is 32.2. The van der Waals surface area contributed by atoms with Crippen molar-refractivity contribution in [3.63, 3.8) is 0 Å². The first kappa shape index (κ1) is 13.9. The standard InChI is InChI=1S/C13H20N2OS/c1-5-17-10-8-6-7-9(11(10)12(14)15)16-13(2,3)4/h6-8H,5H2,1-4H3,(H3,14,15). The van der Waals surface area contributed by atoms with E-state index < -0.39 is 0 Å². The lowest BCUT2D eigenvalue weighted by atomic mass is 10.1. The van der Waals surface area contributed by atoms with Crippen molar-refractivity contribution >= 4 is 17.6 Å². The summed E-state index contributed by atoms with van der Waals surface area (Å²) in [4.78, 5) is 1.00. The number of hydrogen-bond acceptors (Lipinski definition) is 3. The smallest absolute Gasteiger partial charge is 0.132 e. The summed E-state index contributed by atoms with van der Waals surface area (Å²) in [5, 5.41) is 7.69. The molecule has 94 valence electrons. The van der Waals surface area contributed by atoms with Gasteiger partial charge in [-0.1, -0.05) is 13.0 Å². The Bertz CT molecular complexity index is 410. The van der Waals surface area contributed by atoms with Gasteiger partial charge in [-0.25, -0.2) is 0 Å². The fourth-order valence-electron chi connectivity index (χ4n) is 1.47. The van der Waals surface area contributed by atoms with E-state index in [1.807, 2.05) is 39.0 Å². The molecule has 0 spiro atoms. The lowest BCUT2D eigenvalue weighted by Gasteiger charge is -2.24. The van der Waals surface area contributed by atoms with Crippen molar-refractivity contribution in [2.45, 2.75) is 38.2 Å². The third kappa shape index (κ3) is 3.97. The molecule has 1 aromatic rings. The lowest BCUT2D eigenvalue weighted by molar-refractivity contribution is 0.130. The molecule has 17 heavy (non-hydrogen) atoms. The average Bonchev–Trinajstić information content (AvgIpc) is 2.15. The molecule has 0 amide bonds. The number of benzene rings is 1. The molecule has 0 aliphatic rings. The van der Waals surface area contributed by atoms with E-state index in [-0.39, 0.29) is 11.4 Å². The highest BCUT2D eigenvalue weighted by molar-refractivity contribution is 7.99. The van der Waals surface area contributed by atoms with Crippen LogP contribution in [0.5, 0.6) is 5.75 Å². The third-order valence-corrected chi connectivity index (χ3v) is 2.91. The van der Waals surface area contributed by atoms with Crippen molar-refractivity contribution in [1.82, 2.24) is 0 Å². The van der Waals surface area contributed by atoms with Gasteiger partial charge in [0.15, 0.2) is 0 Å². The van der Waals surface area contributed by atoms with Gasteiger partial charge in [-0.05, 0) is 38.7 Å². The third-order valence-electron chi connectivity index (χ3n) is 1.97. The number of ether oxygens (including phenoxy) is 1. The number of amidine groups is 1. The second kappa shape index (κ2) is 5.45. The number of hydrogen-bond donors (Lipinski definition) is 2. The molecule has 0 aromatic heterocycles. The highest BCUT2D eigenvalue weighted by Crippen LogP contribution is 2.31. The first-order valence-corrected chi connectivity index (χ1v) is 6.63. The summed E-state index contributed by atoms with van der Waals surface area (Å²) in [5.41, 5.74) is 6.07.